The van der Waals surface area contributed by atoms with Gasteiger partial charge in [0.05, 0.1) is 4.90 Å². The Labute approximate surface area is 178 Å². The number of sulfone groups is 1. The highest BCUT2D eigenvalue weighted by atomic mass is 32.2. The van der Waals surface area contributed by atoms with E-state index in [2.05, 4.69) is 45.0 Å². The average molecular weight is 419 g/mol. The number of rotatable bonds is 5. The van der Waals surface area contributed by atoms with E-state index in [9.17, 15) is 13.2 Å². The van der Waals surface area contributed by atoms with Gasteiger partial charge in [0.1, 0.15) is 5.78 Å². The van der Waals surface area contributed by atoms with Crippen LogP contribution in [0.2, 0.25) is 0 Å². The Morgan fingerprint density at radius 2 is 1.28 bits per heavy atom. The molecule has 0 saturated heterocycles. The molecular weight excluding hydrogens is 380 g/mol. The Morgan fingerprint density at radius 1 is 0.862 bits per heavy atom. The second kappa shape index (κ2) is 12.6. The van der Waals surface area contributed by atoms with Gasteiger partial charge < -0.3 is 0 Å². The lowest BCUT2D eigenvalue weighted by Gasteiger charge is -2.17. The Balaban J connectivity index is 0.000000427. The molecule has 0 atom stereocenters. The first-order valence-corrected chi connectivity index (χ1v) is 12.1. The van der Waals surface area contributed by atoms with Gasteiger partial charge in [-0.1, -0.05) is 81.6 Å². The predicted octanol–water partition coefficient (Wildman–Crippen LogP) is 6.36. The molecule has 0 radical (unpaired) electrons. The summed E-state index contributed by atoms with van der Waals surface area (Å²) in [7, 11) is -3.03. The van der Waals surface area contributed by atoms with Crippen LogP contribution in [-0.4, -0.2) is 20.5 Å². The Hall–Kier alpha value is -1.94. The first-order chi connectivity index (χ1) is 13.3. The minimum atomic E-state index is -3.03. The molecule has 0 aliphatic rings. The van der Waals surface area contributed by atoms with Crippen molar-refractivity contribution in [3.05, 3.63) is 65.2 Å². The van der Waals surface area contributed by atoms with Crippen molar-refractivity contribution in [1.29, 1.82) is 0 Å². The summed E-state index contributed by atoms with van der Waals surface area (Å²) in [6.07, 6.45) is 4.24. The van der Waals surface area contributed by atoms with Crippen LogP contribution in [0, 0.1) is 19.3 Å². The van der Waals surface area contributed by atoms with Crippen LogP contribution in [-0.2, 0) is 21.1 Å². The van der Waals surface area contributed by atoms with Gasteiger partial charge in [-0.15, -0.1) is 0 Å². The molecule has 0 saturated carbocycles. The second-order valence-electron chi connectivity index (χ2n) is 8.11. The standard InChI is InChI=1S/C10H14O2S.C8H10.C7H14O/c1-3-4-9-5-7-10(8-6-9)13(2,11)12;1-7-3-5-8(2)6-4-7;1-5-7(3,4)6(2)8/h5-8H,3-4H2,1-2H3;3-6H,1-2H3;5H2,1-4H3. The van der Waals surface area contributed by atoms with Gasteiger partial charge in [0.2, 0.25) is 0 Å². The van der Waals surface area contributed by atoms with Gasteiger partial charge in [-0.3, -0.25) is 4.79 Å². The van der Waals surface area contributed by atoms with E-state index < -0.39 is 9.84 Å². The number of carbonyl (C=O) groups is 1. The van der Waals surface area contributed by atoms with Crippen LogP contribution >= 0.6 is 0 Å². The summed E-state index contributed by atoms with van der Waals surface area (Å²) in [5.41, 5.74) is 3.75. The first-order valence-electron chi connectivity index (χ1n) is 10.2. The molecule has 0 heterocycles. The van der Waals surface area contributed by atoms with E-state index in [1.54, 1.807) is 19.1 Å². The first kappa shape index (κ1) is 27.1. The fraction of sp³-hybridized carbons (Fsp3) is 0.480. The SMILES string of the molecule is CCC(C)(C)C(C)=O.CCCc1ccc(S(C)(=O)=O)cc1.Cc1ccc(C)cc1. The number of hydrogen-bond acceptors (Lipinski definition) is 3. The van der Waals surface area contributed by atoms with Crippen molar-refractivity contribution in [2.75, 3.05) is 6.26 Å². The van der Waals surface area contributed by atoms with E-state index in [-0.39, 0.29) is 11.2 Å². The molecule has 0 bridgehead atoms. The van der Waals surface area contributed by atoms with E-state index in [1.807, 2.05) is 32.9 Å². The highest BCUT2D eigenvalue weighted by molar-refractivity contribution is 7.90. The van der Waals surface area contributed by atoms with Crippen molar-refractivity contribution in [2.45, 2.75) is 72.6 Å². The topological polar surface area (TPSA) is 51.2 Å². The summed E-state index contributed by atoms with van der Waals surface area (Å²) in [4.78, 5) is 11.1. The molecule has 0 fully saturated rings. The van der Waals surface area contributed by atoms with E-state index in [4.69, 9.17) is 0 Å². The summed E-state index contributed by atoms with van der Waals surface area (Å²) in [5.74, 6) is 0.278. The maximum atomic E-state index is 11.1. The number of carbonyl (C=O) groups excluding carboxylic acids is 1. The normalized spacial score (nSPS) is 10.9. The quantitative estimate of drug-likeness (QED) is 0.568. The third-order valence-corrected chi connectivity index (χ3v) is 6.07. The number of benzene rings is 2. The minimum absolute atomic E-state index is 0.0972. The highest BCUT2D eigenvalue weighted by Crippen LogP contribution is 2.19. The van der Waals surface area contributed by atoms with Crippen LogP contribution < -0.4 is 0 Å². The van der Waals surface area contributed by atoms with Gasteiger partial charge in [-0.25, -0.2) is 8.42 Å². The van der Waals surface area contributed by atoms with Gasteiger partial charge in [0, 0.05) is 11.7 Å². The molecule has 0 amide bonds. The average Bonchev–Trinajstić information content (AvgIpc) is 2.65. The predicted molar refractivity (Wildman–Crippen MR) is 124 cm³/mol. The fourth-order valence-corrected chi connectivity index (χ4v) is 2.71. The minimum Gasteiger partial charge on any atom is -0.299 e. The van der Waals surface area contributed by atoms with Gasteiger partial charge in [0.15, 0.2) is 9.84 Å². The number of Topliss-reactive ketones (excluding diaryl/α,β-unsaturated/α-hetero) is 1. The van der Waals surface area contributed by atoms with Crippen molar-refractivity contribution in [3.63, 3.8) is 0 Å². The molecule has 3 nitrogen and oxygen atoms in total. The molecular formula is C25H38O3S. The van der Waals surface area contributed by atoms with Crippen LogP contribution in [0.5, 0.6) is 0 Å². The fourth-order valence-electron chi connectivity index (χ4n) is 2.08. The Morgan fingerprint density at radius 3 is 1.52 bits per heavy atom. The van der Waals surface area contributed by atoms with Crippen LogP contribution in [0.15, 0.2) is 53.4 Å². The molecule has 0 aliphatic heterocycles. The van der Waals surface area contributed by atoms with E-state index >= 15 is 0 Å². The number of ketones is 1. The molecule has 0 aromatic heterocycles. The van der Waals surface area contributed by atoms with Crippen LogP contribution in [0.25, 0.3) is 0 Å². The molecule has 0 unspecified atom stereocenters. The summed E-state index contributed by atoms with van der Waals surface area (Å²) >= 11 is 0. The zero-order chi connectivity index (χ0) is 22.7. The summed E-state index contributed by atoms with van der Waals surface area (Å²) in [6, 6.07) is 15.6. The molecule has 2 rings (SSSR count). The highest BCUT2D eigenvalue weighted by Gasteiger charge is 2.19. The van der Waals surface area contributed by atoms with E-state index in [1.165, 1.54) is 22.9 Å². The molecule has 2 aromatic carbocycles. The summed E-state index contributed by atoms with van der Waals surface area (Å²) < 4.78 is 22.2. The van der Waals surface area contributed by atoms with Crippen molar-refractivity contribution in [3.8, 4) is 0 Å². The van der Waals surface area contributed by atoms with Gasteiger partial charge in [0.25, 0.3) is 0 Å². The third-order valence-electron chi connectivity index (χ3n) is 4.95. The van der Waals surface area contributed by atoms with Gasteiger partial charge in [-0.05, 0) is 51.3 Å². The van der Waals surface area contributed by atoms with Crippen molar-refractivity contribution in [2.24, 2.45) is 5.41 Å². The maximum Gasteiger partial charge on any atom is 0.175 e. The maximum absolute atomic E-state index is 11.1. The Bertz CT molecular complexity index is 810. The number of aryl methyl sites for hydroxylation is 3. The van der Waals surface area contributed by atoms with Crippen molar-refractivity contribution < 1.29 is 13.2 Å². The largest absolute Gasteiger partial charge is 0.299 e. The lowest BCUT2D eigenvalue weighted by molar-refractivity contribution is -0.124. The second-order valence-corrected chi connectivity index (χ2v) is 10.1. The zero-order valence-corrected chi connectivity index (χ0v) is 20.2. The van der Waals surface area contributed by atoms with E-state index in [0.717, 1.165) is 19.3 Å². The lowest BCUT2D eigenvalue weighted by Crippen LogP contribution is -2.19. The van der Waals surface area contributed by atoms with Gasteiger partial charge in [-0.2, -0.15) is 0 Å². The molecule has 4 heteroatoms. The molecule has 29 heavy (non-hydrogen) atoms. The van der Waals surface area contributed by atoms with Crippen LogP contribution in [0.3, 0.4) is 0 Å². The smallest absolute Gasteiger partial charge is 0.175 e. The number of hydrogen-bond donors (Lipinski definition) is 0. The molecule has 0 spiro atoms. The van der Waals surface area contributed by atoms with Crippen molar-refractivity contribution in [1.82, 2.24) is 0 Å². The third kappa shape index (κ3) is 11.6. The Kier molecular flexibility index (Phi) is 11.7. The molecule has 0 aliphatic carbocycles. The van der Waals surface area contributed by atoms with Crippen LogP contribution in [0.4, 0.5) is 0 Å². The summed E-state index contributed by atoms with van der Waals surface area (Å²) in [5, 5.41) is 0. The molecule has 0 N–H and O–H groups in total. The lowest BCUT2D eigenvalue weighted by atomic mass is 9.86. The molecule has 2 aromatic rings. The zero-order valence-electron chi connectivity index (χ0n) is 19.4. The van der Waals surface area contributed by atoms with Crippen molar-refractivity contribution >= 4 is 15.6 Å². The van der Waals surface area contributed by atoms with Crippen LogP contribution in [0.1, 0.15) is 64.2 Å². The summed E-state index contributed by atoms with van der Waals surface area (Å²) in [6.45, 7) is 13.9. The van der Waals surface area contributed by atoms with Gasteiger partial charge >= 0.3 is 0 Å². The monoisotopic (exact) mass is 418 g/mol. The molecule has 162 valence electrons. The van der Waals surface area contributed by atoms with E-state index in [0.29, 0.717) is 4.90 Å².